The maximum absolute atomic E-state index is 10.6. The highest BCUT2D eigenvalue weighted by molar-refractivity contribution is 6.24. The number of aldehydes is 1. The fraction of sp³-hybridized carbons (Fsp3) is 0.273. The third kappa shape index (κ3) is 3.65. The van der Waals surface area contributed by atoms with E-state index in [-0.39, 0.29) is 5.78 Å². The second-order valence-corrected chi connectivity index (χ2v) is 2.92. The Hall–Kier alpha value is -1.44. The Bertz CT molecular complexity index is 277. The van der Waals surface area contributed by atoms with Crippen LogP contribution < -0.4 is 0 Å². The van der Waals surface area contributed by atoms with Crippen molar-refractivity contribution in [2.75, 3.05) is 0 Å². The third-order valence-corrected chi connectivity index (χ3v) is 1.86. The number of carbonyl (C=O) groups is 2. The second-order valence-electron chi connectivity index (χ2n) is 2.92. The number of aryl methyl sites for hydroxylation is 1. The molecule has 0 atom stereocenters. The lowest BCUT2D eigenvalue weighted by molar-refractivity contribution is -0.129. The van der Waals surface area contributed by atoms with Gasteiger partial charge in [0.05, 0.1) is 0 Å². The lowest BCUT2D eigenvalue weighted by Crippen LogP contribution is -1.99. The summed E-state index contributed by atoms with van der Waals surface area (Å²) in [6.45, 7) is 0. The fourth-order valence-corrected chi connectivity index (χ4v) is 1.17. The van der Waals surface area contributed by atoms with E-state index in [0.717, 1.165) is 12.8 Å². The maximum atomic E-state index is 10.6. The van der Waals surface area contributed by atoms with Crippen LogP contribution in [0.15, 0.2) is 30.3 Å². The molecule has 2 heteroatoms. The minimum absolute atomic E-state index is 0.309. The molecule has 0 unspecified atom stereocenters. The van der Waals surface area contributed by atoms with Gasteiger partial charge in [-0.1, -0.05) is 30.3 Å². The van der Waals surface area contributed by atoms with Crippen molar-refractivity contribution in [3.63, 3.8) is 0 Å². The van der Waals surface area contributed by atoms with Crippen LogP contribution in [0.4, 0.5) is 0 Å². The van der Waals surface area contributed by atoms with Gasteiger partial charge < -0.3 is 0 Å². The molecule has 1 rings (SSSR count). The molecule has 0 amide bonds. The number of hydrogen-bond donors (Lipinski definition) is 0. The van der Waals surface area contributed by atoms with Crippen molar-refractivity contribution >= 4 is 12.1 Å². The topological polar surface area (TPSA) is 34.1 Å². The zero-order valence-corrected chi connectivity index (χ0v) is 7.40. The summed E-state index contributed by atoms with van der Waals surface area (Å²) in [5.41, 5.74) is 1.21. The average Bonchev–Trinajstić information content (AvgIpc) is 2.19. The summed E-state index contributed by atoms with van der Waals surface area (Å²) in [4.78, 5) is 20.6. The predicted octanol–water partition coefficient (Wildman–Crippen LogP) is 1.78. The van der Waals surface area contributed by atoms with Crippen molar-refractivity contribution in [2.24, 2.45) is 0 Å². The maximum Gasteiger partial charge on any atom is 0.195 e. The second kappa shape index (κ2) is 5.25. The lowest BCUT2D eigenvalue weighted by Gasteiger charge is -1.97. The number of Topliss-reactive ketones (excluding diaryl/α,β-unsaturated/α-hetero) is 1. The smallest absolute Gasteiger partial charge is 0.195 e. The van der Waals surface area contributed by atoms with Gasteiger partial charge in [-0.3, -0.25) is 9.59 Å². The molecule has 0 bridgehead atoms. The molecule has 0 aliphatic rings. The van der Waals surface area contributed by atoms with Gasteiger partial charge in [-0.05, 0) is 18.4 Å². The molecule has 1 aromatic carbocycles. The van der Waals surface area contributed by atoms with Crippen molar-refractivity contribution in [1.82, 2.24) is 0 Å². The highest BCUT2D eigenvalue weighted by Gasteiger charge is 1.98. The predicted molar refractivity (Wildman–Crippen MR) is 50.5 cm³/mol. The Labute approximate surface area is 77.6 Å². The number of carbonyl (C=O) groups excluding carboxylic acids is 2. The molecule has 0 spiro atoms. The molecular formula is C11H12O2. The van der Waals surface area contributed by atoms with E-state index in [1.54, 1.807) is 0 Å². The van der Waals surface area contributed by atoms with E-state index in [1.165, 1.54) is 5.56 Å². The van der Waals surface area contributed by atoms with Crippen molar-refractivity contribution in [3.05, 3.63) is 35.9 Å². The largest absolute Gasteiger partial charge is 0.295 e. The van der Waals surface area contributed by atoms with Crippen LogP contribution in [0.2, 0.25) is 0 Å². The van der Waals surface area contributed by atoms with Crippen LogP contribution in [-0.2, 0) is 16.0 Å². The highest BCUT2D eigenvalue weighted by Crippen LogP contribution is 2.04. The molecule has 68 valence electrons. The number of benzene rings is 1. The summed E-state index contributed by atoms with van der Waals surface area (Å²) in [7, 11) is 0. The van der Waals surface area contributed by atoms with Crippen LogP contribution in [0.5, 0.6) is 0 Å². The molecular weight excluding hydrogens is 164 g/mol. The number of ketones is 1. The van der Waals surface area contributed by atoms with Gasteiger partial charge in [-0.25, -0.2) is 0 Å². The normalized spacial score (nSPS) is 9.54. The number of hydrogen-bond acceptors (Lipinski definition) is 2. The standard InChI is InChI=1S/C11H12O2/c12-9-11(13)8-4-7-10-5-2-1-3-6-10/h1-3,5-6,9H,4,7-8H2. The first-order valence-electron chi connectivity index (χ1n) is 4.35. The summed E-state index contributed by atoms with van der Waals surface area (Å²) in [5, 5.41) is 0. The first-order valence-corrected chi connectivity index (χ1v) is 4.35. The van der Waals surface area contributed by atoms with E-state index in [9.17, 15) is 9.59 Å². The molecule has 0 heterocycles. The zero-order valence-electron chi connectivity index (χ0n) is 7.40. The van der Waals surface area contributed by atoms with Gasteiger partial charge in [-0.15, -0.1) is 0 Å². The van der Waals surface area contributed by atoms with Gasteiger partial charge in [0.15, 0.2) is 12.1 Å². The molecule has 0 aliphatic heterocycles. The molecule has 0 saturated carbocycles. The fourth-order valence-electron chi connectivity index (χ4n) is 1.17. The summed E-state index contributed by atoms with van der Waals surface area (Å²) >= 11 is 0. The van der Waals surface area contributed by atoms with Crippen LogP contribution in [0.3, 0.4) is 0 Å². The van der Waals surface area contributed by atoms with Gasteiger partial charge in [0.2, 0.25) is 0 Å². The van der Waals surface area contributed by atoms with Gasteiger partial charge in [0.1, 0.15) is 0 Å². The molecule has 0 saturated heterocycles. The van der Waals surface area contributed by atoms with E-state index in [0.29, 0.717) is 12.7 Å². The van der Waals surface area contributed by atoms with Crippen molar-refractivity contribution in [2.45, 2.75) is 19.3 Å². The summed E-state index contributed by atoms with van der Waals surface area (Å²) in [5.74, 6) is -0.309. The third-order valence-electron chi connectivity index (χ3n) is 1.86. The Morgan fingerprint density at radius 2 is 1.92 bits per heavy atom. The summed E-state index contributed by atoms with van der Waals surface area (Å²) in [6, 6.07) is 9.94. The quantitative estimate of drug-likeness (QED) is 0.506. The molecule has 0 aromatic heterocycles. The highest BCUT2D eigenvalue weighted by atomic mass is 16.2. The first-order chi connectivity index (χ1) is 6.33. The Morgan fingerprint density at radius 1 is 1.23 bits per heavy atom. The number of rotatable bonds is 5. The molecule has 13 heavy (non-hydrogen) atoms. The van der Waals surface area contributed by atoms with E-state index < -0.39 is 0 Å². The average molecular weight is 176 g/mol. The lowest BCUT2D eigenvalue weighted by atomic mass is 10.1. The van der Waals surface area contributed by atoms with Crippen molar-refractivity contribution in [1.29, 1.82) is 0 Å². The molecule has 0 fully saturated rings. The van der Waals surface area contributed by atoms with Gasteiger partial charge >= 0.3 is 0 Å². The molecule has 0 N–H and O–H groups in total. The van der Waals surface area contributed by atoms with Gasteiger partial charge in [0, 0.05) is 6.42 Å². The SMILES string of the molecule is O=CC(=O)CCCc1ccccc1. The van der Waals surface area contributed by atoms with E-state index in [2.05, 4.69) is 0 Å². The Kier molecular flexibility index (Phi) is 3.89. The molecule has 2 nitrogen and oxygen atoms in total. The Balaban J connectivity index is 2.28. The van der Waals surface area contributed by atoms with Crippen molar-refractivity contribution in [3.8, 4) is 0 Å². The summed E-state index contributed by atoms with van der Waals surface area (Å²) in [6.07, 6.45) is 2.37. The molecule has 1 aromatic rings. The first kappa shape index (κ1) is 9.65. The van der Waals surface area contributed by atoms with Crippen molar-refractivity contribution < 1.29 is 9.59 Å². The van der Waals surface area contributed by atoms with Crippen LogP contribution in [0.1, 0.15) is 18.4 Å². The van der Waals surface area contributed by atoms with Crippen LogP contribution in [0, 0.1) is 0 Å². The zero-order chi connectivity index (χ0) is 9.52. The van der Waals surface area contributed by atoms with Crippen LogP contribution in [-0.4, -0.2) is 12.1 Å². The minimum Gasteiger partial charge on any atom is -0.295 e. The van der Waals surface area contributed by atoms with Gasteiger partial charge in [-0.2, -0.15) is 0 Å². The molecule has 0 radical (unpaired) electrons. The summed E-state index contributed by atoms with van der Waals surface area (Å²) < 4.78 is 0. The molecule has 0 aliphatic carbocycles. The minimum atomic E-state index is -0.309. The van der Waals surface area contributed by atoms with Gasteiger partial charge in [0.25, 0.3) is 0 Å². The van der Waals surface area contributed by atoms with Crippen LogP contribution in [0.25, 0.3) is 0 Å². The van der Waals surface area contributed by atoms with E-state index >= 15 is 0 Å². The van der Waals surface area contributed by atoms with E-state index in [4.69, 9.17) is 0 Å². The van der Waals surface area contributed by atoms with E-state index in [1.807, 2.05) is 30.3 Å². The monoisotopic (exact) mass is 176 g/mol. The Morgan fingerprint density at radius 3 is 2.54 bits per heavy atom. The van der Waals surface area contributed by atoms with Crippen LogP contribution >= 0.6 is 0 Å².